The van der Waals surface area contributed by atoms with Crippen molar-refractivity contribution in [1.29, 1.82) is 0 Å². The third-order valence-electron chi connectivity index (χ3n) is 4.41. The highest BCUT2D eigenvalue weighted by molar-refractivity contribution is 5.43. The van der Waals surface area contributed by atoms with Crippen LogP contribution in [0.15, 0.2) is 30.3 Å². The quantitative estimate of drug-likeness (QED) is 0.885. The first kappa shape index (κ1) is 15.6. The third kappa shape index (κ3) is 2.59. The molecule has 0 bridgehead atoms. The molecule has 0 aliphatic carbocycles. The summed E-state index contributed by atoms with van der Waals surface area (Å²) in [5.41, 5.74) is -0.366. The second-order valence-electron chi connectivity index (χ2n) is 6.53. The van der Waals surface area contributed by atoms with E-state index in [-0.39, 0.29) is 11.8 Å². The van der Waals surface area contributed by atoms with E-state index < -0.39 is 17.3 Å². The molecule has 23 heavy (non-hydrogen) atoms. The molecule has 1 aromatic heterocycles. The van der Waals surface area contributed by atoms with Gasteiger partial charge >= 0.3 is 0 Å². The summed E-state index contributed by atoms with van der Waals surface area (Å²) in [4.78, 5) is 0. The van der Waals surface area contributed by atoms with Crippen molar-refractivity contribution in [3.8, 4) is 17.5 Å². The van der Waals surface area contributed by atoms with Crippen LogP contribution in [0.4, 0.5) is 0 Å². The molecule has 0 saturated heterocycles. The van der Waals surface area contributed by atoms with Crippen LogP contribution >= 0.6 is 0 Å². The van der Waals surface area contributed by atoms with Gasteiger partial charge in [-0.2, -0.15) is 0 Å². The van der Waals surface area contributed by atoms with Gasteiger partial charge in [0, 0.05) is 17.7 Å². The Morgan fingerprint density at radius 2 is 1.87 bits per heavy atom. The van der Waals surface area contributed by atoms with Crippen molar-refractivity contribution >= 4 is 0 Å². The molecule has 1 aliphatic rings. The van der Waals surface area contributed by atoms with Gasteiger partial charge in [-0.25, -0.2) is 0 Å². The topological polar surface area (TPSA) is 84.7 Å². The van der Waals surface area contributed by atoms with Crippen LogP contribution in [0.2, 0.25) is 0 Å². The van der Waals surface area contributed by atoms with Gasteiger partial charge in [0.1, 0.15) is 17.0 Å². The van der Waals surface area contributed by atoms with Gasteiger partial charge in [0.05, 0.1) is 0 Å². The minimum absolute atomic E-state index is 0.187. The lowest BCUT2D eigenvalue weighted by molar-refractivity contribution is -0.175. The molecule has 0 spiro atoms. The largest absolute Gasteiger partial charge is 0.492 e. The fourth-order valence-electron chi connectivity index (χ4n) is 2.64. The Morgan fingerprint density at radius 3 is 2.52 bits per heavy atom. The molecular weight excluding hydrogens is 296 g/mol. The highest BCUT2D eigenvalue weighted by Gasteiger charge is 2.54. The van der Waals surface area contributed by atoms with Gasteiger partial charge in [-0.15, -0.1) is 10.2 Å². The second-order valence-corrected chi connectivity index (χ2v) is 6.53. The molecule has 2 unspecified atom stereocenters. The van der Waals surface area contributed by atoms with Crippen LogP contribution in [0.5, 0.6) is 17.5 Å². The maximum Gasteiger partial charge on any atom is 0.234 e. The van der Waals surface area contributed by atoms with Crippen LogP contribution in [0, 0.1) is 6.92 Å². The predicted molar refractivity (Wildman–Crippen MR) is 83.6 cm³/mol. The van der Waals surface area contributed by atoms with Crippen molar-refractivity contribution < 1.29 is 19.7 Å². The van der Waals surface area contributed by atoms with Crippen LogP contribution in [0.3, 0.4) is 0 Å². The normalized spacial score (nSPS) is 25.3. The highest BCUT2D eigenvalue weighted by atomic mass is 16.6. The molecule has 2 aromatic rings. The average molecular weight is 316 g/mol. The minimum Gasteiger partial charge on any atom is -0.492 e. The van der Waals surface area contributed by atoms with Crippen LogP contribution in [-0.4, -0.2) is 31.6 Å². The van der Waals surface area contributed by atoms with Crippen LogP contribution in [0.25, 0.3) is 0 Å². The van der Waals surface area contributed by atoms with Crippen molar-refractivity contribution in [3.05, 3.63) is 41.5 Å². The molecule has 0 amide bonds. The van der Waals surface area contributed by atoms with E-state index >= 15 is 0 Å². The molecule has 6 nitrogen and oxygen atoms in total. The van der Waals surface area contributed by atoms with Crippen molar-refractivity contribution in [1.82, 2.24) is 10.2 Å². The fourth-order valence-corrected chi connectivity index (χ4v) is 2.64. The van der Waals surface area contributed by atoms with E-state index in [4.69, 9.17) is 9.47 Å². The van der Waals surface area contributed by atoms with E-state index in [9.17, 15) is 10.2 Å². The molecular formula is C17H20N2O4. The molecule has 2 heterocycles. The first-order chi connectivity index (χ1) is 10.7. The van der Waals surface area contributed by atoms with Gasteiger partial charge in [0.25, 0.3) is 0 Å². The van der Waals surface area contributed by atoms with Crippen molar-refractivity contribution in [2.75, 3.05) is 0 Å². The summed E-state index contributed by atoms with van der Waals surface area (Å²) in [5.74, 6) is 0.703. The maximum absolute atomic E-state index is 11.1. The van der Waals surface area contributed by atoms with Gasteiger partial charge in [0.2, 0.25) is 11.8 Å². The SMILES string of the molecule is Cc1ccc2c(c1)C(Oc1ccc(O)nn1)C(C)(O)C(C)(C)O2. The minimum atomic E-state index is -1.30. The molecule has 0 radical (unpaired) electrons. The van der Waals surface area contributed by atoms with Crippen molar-refractivity contribution in [2.24, 2.45) is 0 Å². The number of ether oxygens (including phenoxy) is 2. The molecule has 2 atom stereocenters. The first-order valence-electron chi connectivity index (χ1n) is 7.42. The number of hydrogen-bond donors (Lipinski definition) is 2. The van der Waals surface area contributed by atoms with E-state index in [0.717, 1.165) is 11.1 Å². The van der Waals surface area contributed by atoms with Gasteiger partial charge < -0.3 is 19.7 Å². The number of aryl methyl sites for hydroxylation is 1. The smallest absolute Gasteiger partial charge is 0.234 e. The zero-order valence-corrected chi connectivity index (χ0v) is 13.6. The zero-order valence-electron chi connectivity index (χ0n) is 13.6. The van der Waals surface area contributed by atoms with E-state index in [1.165, 1.54) is 12.1 Å². The molecule has 6 heteroatoms. The summed E-state index contributed by atoms with van der Waals surface area (Å²) in [7, 11) is 0. The lowest BCUT2D eigenvalue weighted by Gasteiger charge is -2.48. The van der Waals surface area contributed by atoms with Crippen LogP contribution in [0.1, 0.15) is 38.0 Å². The van der Waals surface area contributed by atoms with Crippen molar-refractivity contribution in [3.63, 3.8) is 0 Å². The highest BCUT2D eigenvalue weighted by Crippen LogP contribution is 2.48. The van der Waals surface area contributed by atoms with E-state index in [1.54, 1.807) is 6.92 Å². The van der Waals surface area contributed by atoms with Gasteiger partial charge in [-0.1, -0.05) is 11.6 Å². The Bertz CT molecular complexity index is 726. The Balaban J connectivity index is 2.07. The molecule has 0 fully saturated rings. The standard InChI is InChI=1S/C17H20N2O4/c1-10-5-6-12-11(9-10)15(17(4,21)16(2,3)23-12)22-14-8-7-13(20)18-19-14/h5-9,15,21H,1-4H3,(H,18,20). The third-order valence-corrected chi connectivity index (χ3v) is 4.41. The summed E-state index contributed by atoms with van der Waals surface area (Å²) < 4.78 is 11.9. The second kappa shape index (κ2) is 5.09. The van der Waals surface area contributed by atoms with Gasteiger partial charge in [0.15, 0.2) is 6.10 Å². The van der Waals surface area contributed by atoms with E-state index in [2.05, 4.69) is 10.2 Å². The number of fused-ring (bicyclic) bond motifs is 1. The fraction of sp³-hybridized carbons (Fsp3) is 0.412. The Hall–Kier alpha value is -2.34. The number of aliphatic hydroxyl groups is 1. The predicted octanol–water partition coefficient (Wildman–Crippen LogP) is 2.53. The molecule has 1 aliphatic heterocycles. The Kier molecular flexibility index (Phi) is 3.44. The monoisotopic (exact) mass is 316 g/mol. The Morgan fingerprint density at radius 1 is 1.13 bits per heavy atom. The number of rotatable bonds is 2. The number of hydrogen-bond acceptors (Lipinski definition) is 6. The van der Waals surface area contributed by atoms with Crippen LogP contribution < -0.4 is 9.47 Å². The van der Waals surface area contributed by atoms with Gasteiger partial charge in [-0.3, -0.25) is 0 Å². The summed E-state index contributed by atoms with van der Waals surface area (Å²) in [6.07, 6.45) is -0.681. The van der Waals surface area contributed by atoms with Crippen LogP contribution in [-0.2, 0) is 0 Å². The number of aromatic hydroxyl groups is 1. The lowest BCUT2D eigenvalue weighted by Crippen LogP contribution is -2.59. The first-order valence-corrected chi connectivity index (χ1v) is 7.42. The summed E-state index contributed by atoms with van der Waals surface area (Å²) in [5, 5.41) is 27.7. The maximum atomic E-state index is 11.1. The average Bonchev–Trinajstić information content (AvgIpc) is 2.47. The van der Waals surface area contributed by atoms with E-state index in [0.29, 0.717) is 5.75 Å². The molecule has 0 saturated carbocycles. The van der Waals surface area contributed by atoms with Gasteiger partial charge in [-0.05, 0) is 39.8 Å². The zero-order chi connectivity index (χ0) is 16.8. The summed E-state index contributed by atoms with van der Waals surface area (Å²) in [6, 6.07) is 8.65. The molecule has 2 N–H and O–H groups in total. The molecule has 1 aromatic carbocycles. The molecule has 122 valence electrons. The number of nitrogens with zero attached hydrogens (tertiary/aromatic N) is 2. The number of benzene rings is 1. The summed E-state index contributed by atoms with van der Waals surface area (Å²) >= 11 is 0. The summed E-state index contributed by atoms with van der Waals surface area (Å²) in [6.45, 7) is 7.27. The lowest BCUT2D eigenvalue weighted by atomic mass is 9.77. The number of aromatic nitrogens is 2. The van der Waals surface area contributed by atoms with Crippen molar-refractivity contribution in [2.45, 2.75) is 45.0 Å². The molecule has 3 rings (SSSR count). The Labute approximate surface area is 134 Å². The van der Waals surface area contributed by atoms with E-state index in [1.807, 2.05) is 39.0 Å².